The molecule has 4 N–H and O–H groups in total. The van der Waals surface area contributed by atoms with Crippen LogP contribution in [0.4, 0.5) is 0 Å². The smallest absolute Gasteiger partial charge is 0.113 e. The number of aliphatic hydroxyl groups excluding tert-OH is 4. The molecule has 6 heteroatoms. The number of rotatable bonds is 2. The van der Waals surface area contributed by atoms with E-state index in [4.69, 9.17) is 21.4 Å². The van der Waals surface area contributed by atoms with Crippen molar-refractivity contribution in [1.29, 1.82) is 0 Å². The molecule has 1 saturated heterocycles. The molecule has 18 heavy (non-hydrogen) atoms. The van der Waals surface area contributed by atoms with Crippen LogP contribution in [0.5, 0.6) is 0 Å². The van der Waals surface area contributed by atoms with E-state index in [2.05, 4.69) is 0 Å². The molecule has 0 aliphatic carbocycles. The maximum Gasteiger partial charge on any atom is 0.113 e. The quantitative estimate of drug-likeness (QED) is 0.602. The van der Waals surface area contributed by atoms with Gasteiger partial charge >= 0.3 is 0 Å². The van der Waals surface area contributed by atoms with E-state index in [1.54, 1.807) is 24.3 Å². The van der Waals surface area contributed by atoms with Crippen LogP contribution in [0.25, 0.3) is 0 Å². The minimum atomic E-state index is -1.36. The van der Waals surface area contributed by atoms with E-state index in [1.165, 1.54) is 0 Å². The summed E-state index contributed by atoms with van der Waals surface area (Å²) in [4.78, 5) is 0. The Morgan fingerprint density at radius 2 is 1.61 bits per heavy atom. The maximum absolute atomic E-state index is 9.89. The van der Waals surface area contributed by atoms with E-state index in [0.717, 1.165) is 0 Å². The first-order chi connectivity index (χ1) is 8.54. The van der Waals surface area contributed by atoms with Crippen LogP contribution in [-0.4, -0.2) is 51.4 Å². The zero-order chi connectivity index (χ0) is 13.3. The summed E-state index contributed by atoms with van der Waals surface area (Å²) in [5.41, 5.74) is 0.622. The lowest BCUT2D eigenvalue weighted by molar-refractivity contribution is -0.231. The lowest BCUT2D eigenvalue weighted by Crippen LogP contribution is -2.55. The second kappa shape index (κ2) is 5.52. The number of halogens is 1. The van der Waals surface area contributed by atoms with Crippen LogP contribution in [0.2, 0.25) is 5.02 Å². The zero-order valence-corrected chi connectivity index (χ0v) is 10.2. The van der Waals surface area contributed by atoms with Gasteiger partial charge in [0, 0.05) is 5.02 Å². The van der Waals surface area contributed by atoms with Gasteiger partial charge in [-0.2, -0.15) is 0 Å². The number of benzene rings is 1. The number of aliphatic hydroxyl groups is 4. The molecule has 2 rings (SSSR count). The third-order valence-corrected chi connectivity index (χ3v) is 3.34. The van der Waals surface area contributed by atoms with Gasteiger partial charge in [0.05, 0.1) is 6.61 Å². The molecule has 0 saturated carbocycles. The fourth-order valence-corrected chi connectivity index (χ4v) is 2.16. The van der Waals surface area contributed by atoms with Gasteiger partial charge in [-0.15, -0.1) is 0 Å². The Balaban J connectivity index is 2.24. The molecular weight excluding hydrogens is 260 g/mol. The van der Waals surface area contributed by atoms with Crippen molar-refractivity contribution in [2.45, 2.75) is 30.5 Å². The van der Waals surface area contributed by atoms with Gasteiger partial charge in [0.2, 0.25) is 0 Å². The fraction of sp³-hybridized carbons (Fsp3) is 0.500. The first-order valence-corrected chi connectivity index (χ1v) is 5.98. The molecular formula is C12H15ClO5. The molecule has 1 aromatic rings. The Labute approximate surface area is 109 Å². The van der Waals surface area contributed by atoms with Crippen LogP contribution < -0.4 is 0 Å². The third kappa shape index (κ3) is 2.51. The topological polar surface area (TPSA) is 90.2 Å². The van der Waals surface area contributed by atoms with Gasteiger partial charge < -0.3 is 25.2 Å². The van der Waals surface area contributed by atoms with Crippen molar-refractivity contribution in [2.75, 3.05) is 6.61 Å². The van der Waals surface area contributed by atoms with Crippen LogP contribution in [-0.2, 0) is 4.74 Å². The molecule has 0 amide bonds. The van der Waals surface area contributed by atoms with Crippen molar-refractivity contribution >= 4 is 11.6 Å². The predicted octanol–water partition coefficient (Wildman–Crippen LogP) is -0.145. The number of hydrogen-bond acceptors (Lipinski definition) is 5. The molecule has 5 nitrogen and oxygen atoms in total. The van der Waals surface area contributed by atoms with Crippen molar-refractivity contribution in [2.24, 2.45) is 0 Å². The largest absolute Gasteiger partial charge is 0.394 e. The van der Waals surface area contributed by atoms with Crippen LogP contribution in [0, 0.1) is 0 Å². The second-order valence-corrected chi connectivity index (χ2v) is 4.74. The molecule has 1 aromatic carbocycles. The van der Waals surface area contributed by atoms with Crippen LogP contribution in [0.15, 0.2) is 24.3 Å². The first-order valence-electron chi connectivity index (χ1n) is 5.60. The van der Waals surface area contributed by atoms with Crippen molar-refractivity contribution in [1.82, 2.24) is 0 Å². The number of hydrogen-bond donors (Lipinski definition) is 4. The Morgan fingerprint density at radius 1 is 1.00 bits per heavy atom. The van der Waals surface area contributed by atoms with Gasteiger partial charge in [-0.1, -0.05) is 23.7 Å². The maximum atomic E-state index is 9.89. The molecule has 1 aliphatic rings. The Bertz CT molecular complexity index is 394. The summed E-state index contributed by atoms with van der Waals surface area (Å²) in [6.45, 7) is -0.435. The van der Waals surface area contributed by atoms with Crippen molar-refractivity contribution < 1.29 is 25.2 Å². The van der Waals surface area contributed by atoms with Crippen LogP contribution in [0.3, 0.4) is 0 Å². The SMILES string of the molecule is OC[C@H]1O[C@@H](c2ccc(Cl)cc2)[C@H](O)C(O)[C@@H]1O. The van der Waals surface area contributed by atoms with Crippen LogP contribution >= 0.6 is 11.6 Å². The van der Waals surface area contributed by atoms with Crippen molar-refractivity contribution in [3.8, 4) is 0 Å². The van der Waals surface area contributed by atoms with Gasteiger partial charge in [0.15, 0.2) is 0 Å². The third-order valence-electron chi connectivity index (χ3n) is 3.09. The van der Waals surface area contributed by atoms with Gasteiger partial charge in [-0.05, 0) is 17.7 Å². The van der Waals surface area contributed by atoms with Gasteiger partial charge in [0.25, 0.3) is 0 Å². The molecule has 1 aliphatic heterocycles. The second-order valence-electron chi connectivity index (χ2n) is 4.30. The summed E-state index contributed by atoms with van der Waals surface area (Å²) < 4.78 is 5.40. The minimum absolute atomic E-state index is 0.435. The lowest BCUT2D eigenvalue weighted by atomic mass is 9.91. The van der Waals surface area contributed by atoms with Gasteiger partial charge in [0.1, 0.15) is 30.5 Å². The van der Waals surface area contributed by atoms with Crippen LogP contribution in [0.1, 0.15) is 11.7 Å². The first kappa shape index (κ1) is 13.7. The Hall–Kier alpha value is -0.690. The molecule has 0 spiro atoms. The van der Waals surface area contributed by atoms with E-state index in [-0.39, 0.29) is 0 Å². The van der Waals surface area contributed by atoms with E-state index in [0.29, 0.717) is 10.6 Å². The summed E-state index contributed by atoms with van der Waals surface area (Å²) in [5, 5.41) is 38.8. The summed E-state index contributed by atoms with van der Waals surface area (Å²) in [6, 6.07) is 6.60. The molecule has 0 bridgehead atoms. The monoisotopic (exact) mass is 274 g/mol. The average molecular weight is 275 g/mol. The van der Waals surface area contributed by atoms with E-state index >= 15 is 0 Å². The summed E-state index contributed by atoms with van der Waals surface area (Å²) >= 11 is 5.76. The highest BCUT2D eigenvalue weighted by Crippen LogP contribution is 2.32. The van der Waals surface area contributed by atoms with Crippen molar-refractivity contribution in [3.05, 3.63) is 34.9 Å². The summed E-state index contributed by atoms with van der Waals surface area (Å²) in [5.74, 6) is 0. The molecule has 1 unspecified atom stereocenters. The molecule has 100 valence electrons. The van der Waals surface area contributed by atoms with E-state index in [1.807, 2.05) is 0 Å². The molecule has 0 aromatic heterocycles. The summed E-state index contributed by atoms with van der Waals surface area (Å²) in [6.07, 6.45) is -5.67. The highest BCUT2D eigenvalue weighted by atomic mass is 35.5. The minimum Gasteiger partial charge on any atom is -0.394 e. The highest BCUT2D eigenvalue weighted by molar-refractivity contribution is 6.30. The Morgan fingerprint density at radius 3 is 2.17 bits per heavy atom. The van der Waals surface area contributed by atoms with Gasteiger partial charge in [-0.3, -0.25) is 0 Å². The normalized spacial score (nSPS) is 36.6. The Kier molecular flexibility index (Phi) is 4.21. The van der Waals surface area contributed by atoms with E-state index in [9.17, 15) is 15.3 Å². The standard InChI is InChI=1S/C12H15ClO5/c13-7-3-1-6(2-4-7)12-11(17)10(16)9(15)8(5-14)18-12/h1-4,8-12,14-17H,5H2/t8-,9-,10?,11-,12+/m1/s1. The highest BCUT2D eigenvalue weighted by Gasteiger charge is 2.43. The molecule has 1 fully saturated rings. The molecule has 5 atom stereocenters. The fourth-order valence-electron chi connectivity index (χ4n) is 2.03. The number of ether oxygens (including phenoxy) is 1. The average Bonchev–Trinajstić information content (AvgIpc) is 2.38. The molecule has 0 radical (unpaired) electrons. The molecule has 1 heterocycles. The zero-order valence-electron chi connectivity index (χ0n) is 9.48. The predicted molar refractivity (Wildman–Crippen MR) is 64.2 cm³/mol. The van der Waals surface area contributed by atoms with Gasteiger partial charge in [-0.25, -0.2) is 0 Å². The lowest BCUT2D eigenvalue weighted by Gasteiger charge is -2.40. The van der Waals surface area contributed by atoms with E-state index < -0.39 is 37.1 Å². The summed E-state index contributed by atoms with van der Waals surface area (Å²) in [7, 11) is 0. The van der Waals surface area contributed by atoms with Crippen molar-refractivity contribution in [3.63, 3.8) is 0 Å².